The second kappa shape index (κ2) is 10.7. The normalized spacial score (nSPS) is 22.9. The minimum absolute atomic E-state index is 0.134. The van der Waals surface area contributed by atoms with Gasteiger partial charge >= 0.3 is 0 Å². The number of aromatic nitrogens is 3. The number of H-pyrrole nitrogens is 1. The van der Waals surface area contributed by atoms with E-state index < -0.39 is 11.3 Å². The van der Waals surface area contributed by atoms with Crippen molar-refractivity contribution in [3.05, 3.63) is 41.8 Å². The van der Waals surface area contributed by atoms with Gasteiger partial charge in [-0.3, -0.25) is 4.21 Å². The van der Waals surface area contributed by atoms with Crippen molar-refractivity contribution in [1.82, 2.24) is 25.0 Å². The van der Waals surface area contributed by atoms with Gasteiger partial charge in [0, 0.05) is 59.3 Å². The minimum Gasteiger partial charge on any atom is -0.760 e. The Bertz CT molecular complexity index is 1150. The molecule has 34 heavy (non-hydrogen) atoms. The summed E-state index contributed by atoms with van der Waals surface area (Å²) in [5.41, 5.74) is 2.87. The first-order chi connectivity index (χ1) is 16.5. The number of hydrogen-bond donors (Lipinski definition) is 4. The maximum Gasteiger partial charge on any atom is 0.137 e. The van der Waals surface area contributed by atoms with E-state index >= 15 is 0 Å². The van der Waals surface area contributed by atoms with Gasteiger partial charge in [-0.1, -0.05) is 24.4 Å². The Morgan fingerprint density at radius 1 is 1.21 bits per heavy atom. The van der Waals surface area contributed by atoms with Crippen molar-refractivity contribution in [3.63, 3.8) is 0 Å². The van der Waals surface area contributed by atoms with E-state index in [-0.39, 0.29) is 12.1 Å². The van der Waals surface area contributed by atoms with Crippen LogP contribution >= 0.6 is 11.6 Å². The number of nitrogens with zero attached hydrogens (tertiary/aromatic N) is 2. The van der Waals surface area contributed by atoms with Crippen molar-refractivity contribution < 1.29 is 8.76 Å². The number of anilines is 1. The van der Waals surface area contributed by atoms with Gasteiger partial charge in [0.2, 0.25) is 0 Å². The van der Waals surface area contributed by atoms with Crippen molar-refractivity contribution >= 4 is 39.7 Å². The summed E-state index contributed by atoms with van der Waals surface area (Å²) in [6.45, 7) is 0.429. The second-order valence-electron chi connectivity index (χ2n) is 9.42. The van der Waals surface area contributed by atoms with Gasteiger partial charge in [0.25, 0.3) is 0 Å². The molecule has 8 nitrogen and oxygen atoms in total. The monoisotopic (exact) mass is 501 g/mol. The van der Waals surface area contributed by atoms with Gasteiger partial charge in [-0.15, -0.1) is 0 Å². The average Bonchev–Trinajstić information content (AvgIpc) is 3.22. The fourth-order valence-electron chi connectivity index (χ4n) is 5.25. The summed E-state index contributed by atoms with van der Waals surface area (Å²) in [5, 5.41) is 8.80. The lowest BCUT2D eigenvalue weighted by Gasteiger charge is -2.39. The molecular formula is C24H30ClN6O2S-. The van der Waals surface area contributed by atoms with Crippen LogP contribution in [0.3, 0.4) is 0 Å². The number of hydrogen-bond acceptors (Lipinski definition) is 6. The fourth-order valence-corrected chi connectivity index (χ4v) is 5.78. The molecule has 2 aliphatic rings. The third kappa shape index (κ3) is 5.60. The van der Waals surface area contributed by atoms with Crippen LogP contribution in [0.1, 0.15) is 44.9 Å². The molecule has 0 aliphatic heterocycles. The molecular weight excluding hydrogens is 472 g/mol. The summed E-state index contributed by atoms with van der Waals surface area (Å²) in [6.07, 6.45) is 11.5. The molecule has 182 valence electrons. The number of aromatic amines is 1. The highest BCUT2D eigenvalue weighted by atomic mass is 35.5. The Labute approximate surface area is 207 Å². The predicted octanol–water partition coefficient (Wildman–Crippen LogP) is 4.14. The van der Waals surface area contributed by atoms with E-state index in [9.17, 15) is 8.76 Å². The smallest absolute Gasteiger partial charge is 0.137 e. The lowest BCUT2D eigenvalue weighted by atomic mass is 9.80. The van der Waals surface area contributed by atoms with Crippen LogP contribution in [0.25, 0.3) is 22.2 Å². The topological polar surface area (TPSA) is 118 Å². The summed E-state index contributed by atoms with van der Waals surface area (Å²) < 4.78 is 24.9. The molecule has 4 N–H and O–H groups in total. The van der Waals surface area contributed by atoms with E-state index in [2.05, 4.69) is 30.3 Å². The Balaban J connectivity index is 1.30. The first-order valence-corrected chi connectivity index (χ1v) is 13.5. The third-order valence-corrected chi connectivity index (χ3v) is 7.76. The zero-order chi connectivity index (χ0) is 23.5. The molecule has 0 bridgehead atoms. The fraction of sp³-hybridized carbons (Fsp3) is 0.500. The highest BCUT2D eigenvalue weighted by Crippen LogP contribution is 2.33. The average molecular weight is 502 g/mol. The van der Waals surface area contributed by atoms with Crippen molar-refractivity contribution in [3.8, 4) is 11.1 Å². The molecule has 5 rings (SSSR count). The summed E-state index contributed by atoms with van der Waals surface area (Å²) >= 11 is 4.16. The quantitative estimate of drug-likeness (QED) is 0.258. The lowest BCUT2D eigenvalue weighted by Crippen LogP contribution is -2.52. The number of rotatable bonds is 9. The van der Waals surface area contributed by atoms with Gasteiger partial charge in [-0.25, -0.2) is 14.7 Å². The van der Waals surface area contributed by atoms with Crippen LogP contribution < -0.4 is 15.4 Å². The van der Waals surface area contributed by atoms with Gasteiger partial charge in [0.1, 0.15) is 16.6 Å². The van der Waals surface area contributed by atoms with Crippen molar-refractivity contribution in [2.24, 2.45) is 5.92 Å². The van der Waals surface area contributed by atoms with Gasteiger partial charge in [0.05, 0.1) is 0 Å². The van der Waals surface area contributed by atoms with Crippen LogP contribution in [-0.4, -0.2) is 48.4 Å². The molecule has 10 heteroatoms. The molecule has 0 amide bonds. The molecule has 0 aromatic carbocycles. The Morgan fingerprint density at radius 3 is 2.82 bits per heavy atom. The van der Waals surface area contributed by atoms with Crippen LogP contribution in [0.5, 0.6) is 0 Å². The van der Waals surface area contributed by atoms with Gasteiger partial charge < -0.3 is 20.2 Å². The van der Waals surface area contributed by atoms with Crippen molar-refractivity contribution in [2.75, 3.05) is 11.9 Å². The molecule has 2 saturated carbocycles. The molecule has 3 aromatic heterocycles. The van der Waals surface area contributed by atoms with Crippen LogP contribution in [0, 0.1) is 5.92 Å². The molecule has 0 spiro atoms. The molecule has 4 atom stereocenters. The first kappa shape index (κ1) is 23.7. The first-order valence-electron chi connectivity index (χ1n) is 12.0. The minimum atomic E-state index is -2.25. The van der Waals surface area contributed by atoms with Crippen molar-refractivity contribution in [2.45, 2.75) is 63.1 Å². The van der Waals surface area contributed by atoms with E-state index in [1.54, 1.807) is 6.20 Å². The van der Waals surface area contributed by atoms with E-state index in [4.69, 9.17) is 11.6 Å². The number of fused-ring (bicyclic) bond motifs is 1. The van der Waals surface area contributed by atoms with E-state index in [0.717, 1.165) is 53.7 Å². The standard InChI is InChI=1S/C24H31ClN6O2S/c25-22-11-16(20-13-27-24-19(20)8-3-9-26-24)12-23(31-22)30-18-7-1-4-15(10-18)21(14-28-34(32)33)29-17-5-2-6-17/h3,8-9,11-13,15,17-18,21,28-29H,1-2,4-7,10,14H2,(H,26,27)(H,30,31)(H,32,33)/p-1. The molecule has 0 saturated heterocycles. The number of pyridine rings is 2. The number of nitrogens with one attached hydrogen (secondary N) is 4. The third-order valence-electron chi connectivity index (χ3n) is 7.17. The maximum atomic E-state index is 11.1. The Hall–Kier alpha value is -2.04. The zero-order valence-corrected chi connectivity index (χ0v) is 20.5. The SMILES string of the molecule is O=S([O-])NCC(NC1CCC1)C1CCCC(Nc2cc(-c3c[nH]c4ncccc34)cc(Cl)n2)C1. The highest BCUT2D eigenvalue weighted by Gasteiger charge is 2.31. The highest BCUT2D eigenvalue weighted by molar-refractivity contribution is 7.77. The van der Waals surface area contributed by atoms with Crippen LogP contribution in [0.2, 0.25) is 5.15 Å². The molecule has 2 aliphatic carbocycles. The molecule has 4 unspecified atom stereocenters. The van der Waals surface area contributed by atoms with E-state index in [1.165, 1.54) is 19.3 Å². The van der Waals surface area contributed by atoms with E-state index in [1.807, 2.05) is 30.5 Å². The summed E-state index contributed by atoms with van der Waals surface area (Å²) in [6, 6.07) is 8.77. The maximum absolute atomic E-state index is 11.1. The van der Waals surface area contributed by atoms with Gasteiger partial charge in [-0.2, -0.15) is 0 Å². The van der Waals surface area contributed by atoms with Gasteiger partial charge in [0.15, 0.2) is 0 Å². The predicted molar refractivity (Wildman–Crippen MR) is 135 cm³/mol. The lowest BCUT2D eigenvalue weighted by molar-refractivity contribution is 0.210. The van der Waals surface area contributed by atoms with Crippen LogP contribution in [0.4, 0.5) is 5.82 Å². The largest absolute Gasteiger partial charge is 0.760 e. The Morgan fingerprint density at radius 2 is 2.03 bits per heavy atom. The zero-order valence-electron chi connectivity index (χ0n) is 18.9. The van der Waals surface area contributed by atoms with Crippen LogP contribution in [0.15, 0.2) is 36.7 Å². The van der Waals surface area contributed by atoms with Gasteiger partial charge in [-0.05, 0) is 67.9 Å². The molecule has 2 fully saturated rings. The van der Waals surface area contributed by atoms with Crippen LogP contribution in [-0.2, 0) is 11.3 Å². The second-order valence-corrected chi connectivity index (χ2v) is 10.6. The summed E-state index contributed by atoms with van der Waals surface area (Å²) in [4.78, 5) is 12.1. The molecule has 3 heterocycles. The molecule has 3 aromatic rings. The Kier molecular flexibility index (Phi) is 7.46. The molecule has 0 radical (unpaired) electrons. The number of halogens is 1. The van der Waals surface area contributed by atoms with Crippen molar-refractivity contribution in [1.29, 1.82) is 0 Å². The summed E-state index contributed by atoms with van der Waals surface area (Å²) in [5.74, 6) is 1.15. The summed E-state index contributed by atoms with van der Waals surface area (Å²) in [7, 11) is 0. The van der Waals surface area contributed by atoms with E-state index in [0.29, 0.717) is 23.7 Å².